The number of fused-ring (bicyclic) bond motifs is 20. The Morgan fingerprint density at radius 2 is 0.509 bits per heavy atom. The molecule has 7 aliphatic rings. The minimum Gasteiger partial charge on any atom is -0.324 e. The predicted molar refractivity (Wildman–Crippen MR) is 481 cm³/mol. The first-order valence-corrected chi connectivity index (χ1v) is 42.3. The second-order valence-corrected chi connectivity index (χ2v) is 42.2. The molecular weight excluding hydrogens is 1410 g/mol. The Bertz CT molecular complexity index is 11100. The average Bonchev–Trinajstić information content (AvgIpc) is 1.38. The lowest BCUT2D eigenvalue weighted by Crippen LogP contribution is -2.50. The SMILES string of the molecule is CN1CC23c4c5c6c7c8c9c(c%10c%11c2c2c%12c4c4c%13c5c5c7c7c8c8c%14c9c%10c9c%10c%11c2c2c%11c%12c4c4c%12c%13c5c5c7c7c8c8c%14c9c9c%10c2c2c%11c4c4c%12c5c7c5c8c9c2c45)C63C1c1ccc2c(c1)-c1nc-2nc2[nH]c(nc3nc(nc4[nH]c(n1)c1ccc(C(C)(C)C)cc41)-c1ccc(C(C)(C)C)cc1-3)c1cc(C(C)(C)C)ccc21. The number of nitrogens with one attached hydrogen (secondary N) is 2. The zero-order valence-electron chi connectivity index (χ0n) is 63.8. The van der Waals surface area contributed by atoms with Crippen LogP contribution in [0.5, 0.6) is 0 Å². The minimum absolute atomic E-state index is 0.121. The minimum atomic E-state index is -0.573. The van der Waals surface area contributed by atoms with Crippen LogP contribution < -0.4 is 0 Å². The van der Waals surface area contributed by atoms with Gasteiger partial charge < -0.3 is 9.97 Å². The fourth-order valence-corrected chi connectivity index (χ4v) is 32.9. The van der Waals surface area contributed by atoms with Crippen molar-refractivity contribution in [1.82, 2.24) is 44.8 Å². The molecule has 520 valence electrons. The van der Waals surface area contributed by atoms with Crippen molar-refractivity contribution >= 4 is 335 Å². The lowest BCUT2D eigenvalue weighted by atomic mass is 9.49. The van der Waals surface area contributed by atoms with Gasteiger partial charge in [0.05, 0.1) is 10.8 Å². The molecule has 35 aromatic rings. The van der Waals surface area contributed by atoms with Gasteiger partial charge >= 0.3 is 0 Å². The van der Waals surface area contributed by atoms with Gasteiger partial charge in [0, 0.05) is 56.4 Å². The number of benzene rings is 21. The van der Waals surface area contributed by atoms with Crippen molar-refractivity contribution in [2.24, 2.45) is 0 Å². The third-order valence-electron chi connectivity index (χ3n) is 35.7. The maximum atomic E-state index is 5.97. The van der Waals surface area contributed by atoms with E-state index in [0.29, 0.717) is 45.9 Å². The van der Waals surface area contributed by atoms with E-state index < -0.39 is 10.8 Å². The van der Waals surface area contributed by atoms with Crippen molar-refractivity contribution in [2.75, 3.05) is 13.6 Å². The van der Waals surface area contributed by atoms with Crippen LogP contribution in [0, 0.1) is 0 Å². The quantitative estimate of drug-likeness (QED) is 0.157. The fraction of sp³-hybridized carbons (Fsp3) is 0.159. The number of likely N-dealkylation sites (tertiary alicyclic amines) is 1. The first kappa shape index (κ1) is 52.1. The third-order valence-corrected chi connectivity index (χ3v) is 35.7. The van der Waals surface area contributed by atoms with Gasteiger partial charge in [-0.15, -0.1) is 0 Å². The summed E-state index contributed by atoms with van der Waals surface area (Å²) < 4.78 is 0. The van der Waals surface area contributed by atoms with Gasteiger partial charge in [0.1, 0.15) is 22.6 Å². The van der Waals surface area contributed by atoms with Crippen LogP contribution in [0.1, 0.15) is 113 Å². The molecule has 6 heterocycles. The summed E-state index contributed by atoms with van der Waals surface area (Å²) >= 11 is 0. The number of likely N-dealkylation sites (N-methyl/N-ethyl adjacent to an activating group) is 1. The molecule has 3 atom stereocenters. The lowest BCUT2D eigenvalue weighted by molar-refractivity contribution is 0.272. The highest BCUT2D eigenvalue weighted by atomic mass is 15.2. The molecule has 3 aromatic heterocycles. The van der Waals surface area contributed by atoms with Crippen LogP contribution >= 0.6 is 0 Å². The Morgan fingerprint density at radius 1 is 0.259 bits per heavy atom. The average molecular weight is 1460 g/mol. The molecule has 0 radical (unpaired) electrons. The molecule has 32 aromatic carbocycles. The summed E-state index contributed by atoms with van der Waals surface area (Å²) in [6.45, 7) is 21.5. The van der Waals surface area contributed by atoms with Crippen molar-refractivity contribution in [2.45, 2.75) is 95.4 Å². The van der Waals surface area contributed by atoms with Gasteiger partial charge in [-0.05, 0) is 383 Å². The largest absolute Gasteiger partial charge is 0.324 e. The standard InChI is InChI=1S/C107H47N9/c1-103(2,3)25-13-17-30-33(20-25)100-112-97(30)110-99-32-19-24(11-15-28(32)95(109-99)108-96-29-16-12-26(104(4,5)6)21-34(29)101(111-96)115-102-35-22-27(105(7,8)9)14-18-31(35)98(113-100)114-102)94-107-92-85-77-65-57-48-39-37-36-38-42(39)51-58-56-47(38)49-45-40(36)43-44-41(37)46-50(48)63(65)71-69-55(46)53(44)61-60-52(43)54(45)68-70-62(49)64(56)76-78-66(58)67(59(51)57)79(77)88(92)87(78)90-83(76)81(70)84-74(68)72(60)80-73(61)75(69)86(82(71)85)93(107)89(80)91(84)106(90,107)23-116(94)10/h11-22,94H,23H2,1-10H3,(H2,108,109,110,111,112,113,114,115). The summed E-state index contributed by atoms with van der Waals surface area (Å²) in [5, 5.41) is 91.4. The second-order valence-electron chi connectivity index (χ2n) is 42.2. The van der Waals surface area contributed by atoms with Crippen LogP contribution in [0.3, 0.4) is 0 Å². The van der Waals surface area contributed by atoms with Crippen molar-refractivity contribution in [3.8, 4) is 45.6 Å². The molecule has 42 rings (SSSR count). The number of aromatic nitrogens is 8. The van der Waals surface area contributed by atoms with E-state index in [1.165, 1.54) is 22.3 Å². The maximum absolute atomic E-state index is 5.97. The van der Waals surface area contributed by atoms with Gasteiger partial charge in [-0.1, -0.05) is 111 Å². The molecular formula is C107H47N9. The molecule has 0 amide bonds. The zero-order chi connectivity index (χ0) is 73.5. The number of hydrogen-bond donors (Lipinski definition) is 2. The Morgan fingerprint density at radius 3 is 0.871 bits per heavy atom. The molecule has 1 fully saturated rings. The third kappa shape index (κ3) is 3.80. The number of nitrogens with zero attached hydrogens (tertiary/aromatic N) is 7. The van der Waals surface area contributed by atoms with E-state index in [1.807, 2.05) is 0 Å². The second kappa shape index (κ2) is 13.4. The smallest absolute Gasteiger partial charge is 0.164 e. The van der Waals surface area contributed by atoms with E-state index in [9.17, 15) is 0 Å². The highest BCUT2D eigenvalue weighted by Crippen LogP contribution is 2.87. The van der Waals surface area contributed by atoms with E-state index in [4.69, 9.17) is 29.9 Å². The number of aromatic amines is 2. The molecule has 9 heteroatoms. The molecule has 3 aliphatic heterocycles. The first-order valence-electron chi connectivity index (χ1n) is 42.3. The van der Waals surface area contributed by atoms with E-state index in [2.05, 4.69) is 157 Å². The summed E-state index contributed by atoms with van der Waals surface area (Å²) in [6.07, 6.45) is 0. The fourth-order valence-electron chi connectivity index (χ4n) is 32.9. The van der Waals surface area contributed by atoms with E-state index in [-0.39, 0.29) is 22.3 Å². The molecule has 2 N–H and O–H groups in total. The van der Waals surface area contributed by atoms with Crippen molar-refractivity contribution < 1.29 is 0 Å². The molecule has 116 heavy (non-hydrogen) atoms. The van der Waals surface area contributed by atoms with Gasteiger partial charge in [0.2, 0.25) is 0 Å². The van der Waals surface area contributed by atoms with Crippen LogP contribution in [-0.4, -0.2) is 58.4 Å². The molecule has 0 saturated carbocycles. The number of hydrogen-bond acceptors (Lipinski definition) is 7. The van der Waals surface area contributed by atoms with Crippen LogP contribution in [0.2, 0.25) is 0 Å². The number of rotatable bonds is 1. The van der Waals surface area contributed by atoms with Crippen LogP contribution in [0.15, 0.2) is 72.8 Å². The topological polar surface area (TPSA) is 112 Å². The van der Waals surface area contributed by atoms with Crippen LogP contribution in [0.4, 0.5) is 0 Å². The highest BCUT2D eigenvalue weighted by Gasteiger charge is 2.76. The monoisotopic (exact) mass is 1460 g/mol. The molecule has 4 aliphatic carbocycles. The summed E-state index contributed by atoms with van der Waals surface area (Å²) in [6, 6.07) is 27.9. The molecule has 8 bridgehead atoms. The lowest BCUT2D eigenvalue weighted by Gasteiger charge is -2.50. The van der Waals surface area contributed by atoms with E-state index in [0.717, 1.165) is 50.3 Å². The van der Waals surface area contributed by atoms with Gasteiger partial charge in [0.15, 0.2) is 23.3 Å². The zero-order valence-corrected chi connectivity index (χ0v) is 63.8. The highest BCUT2D eigenvalue weighted by molar-refractivity contribution is 6.82. The molecule has 3 unspecified atom stereocenters. The van der Waals surface area contributed by atoms with Gasteiger partial charge in [-0.3, -0.25) is 4.90 Å². The number of H-pyrrole nitrogens is 2. The normalized spacial score (nSPS) is 19.9. The summed E-state index contributed by atoms with van der Waals surface area (Å²) in [5.74, 6) is 2.49. The first-order chi connectivity index (χ1) is 56.5. The van der Waals surface area contributed by atoms with E-state index in [1.54, 1.807) is 313 Å². The van der Waals surface area contributed by atoms with Gasteiger partial charge in [-0.2, -0.15) is 0 Å². The van der Waals surface area contributed by atoms with Crippen LogP contribution in [-0.2, 0) is 27.1 Å². The van der Waals surface area contributed by atoms with Crippen LogP contribution in [0.25, 0.3) is 381 Å². The Hall–Kier alpha value is -13.3. The summed E-state index contributed by atoms with van der Waals surface area (Å²) in [5.41, 5.74) is 17.0. The van der Waals surface area contributed by atoms with Gasteiger partial charge in [-0.25, -0.2) is 29.9 Å². The van der Waals surface area contributed by atoms with E-state index >= 15 is 0 Å². The van der Waals surface area contributed by atoms with Crippen molar-refractivity contribution in [3.63, 3.8) is 0 Å². The Labute approximate surface area is 647 Å². The molecule has 2 spiro atoms. The summed E-state index contributed by atoms with van der Waals surface area (Å²) in [4.78, 5) is 45.2. The Kier molecular flexibility index (Phi) is 6.00. The molecule has 1 saturated heterocycles. The Balaban J connectivity index is 0.692. The maximum Gasteiger partial charge on any atom is 0.164 e. The molecule has 9 nitrogen and oxygen atoms in total. The predicted octanol–water partition coefficient (Wildman–Crippen LogP) is 27.1. The van der Waals surface area contributed by atoms with Gasteiger partial charge in [0.25, 0.3) is 0 Å². The van der Waals surface area contributed by atoms with Crippen molar-refractivity contribution in [1.29, 1.82) is 0 Å². The van der Waals surface area contributed by atoms with Crippen molar-refractivity contribution in [3.05, 3.63) is 117 Å². The summed E-state index contributed by atoms with van der Waals surface area (Å²) in [7, 11) is 2.57.